The fourth-order valence-corrected chi connectivity index (χ4v) is 8.90. The number of carbonyl (C=O) groups excluding carboxylic acids is 1. The Hall–Kier alpha value is -2.28. The molecule has 2 aromatic carbocycles. The highest BCUT2D eigenvalue weighted by Gasteiger charge is 2.50. The van der Waals surface area contributed by atoms with Crippen molar-refractivity contribution in [3.8, 4) is 0 Å². The summed E-state index contributed by atoms with van der Waals surface area (Å²) in [6, 6.07) is 21.0. The van der Waals surface area contributed by atoms with Crippen LogP contribution in [0.4, 0.5) is 0 Å². The van der Waals surface area contributed by atoms with Crippen LogP contribution in [0.2, 0.25) is 5.04 Å². The average molecular weight is 426 g/mol. The molecule has 0 aliphatic carbocycles. The van der Waals surface area contributed by atoms with E-state index in [1.807, 2.05) is 12.1 Å². The van der Waals surface area contributed by atoms with Gasteiger partial charge in [-0.3, -0.25) is 0 Å². The second kappa shape index (κ2) is 9.03. The average Bonchev–Trinajstić information content (AvgIpc) is 3.18. The Kier molecular flexibility index (Phi) is 6.67. The molecule has 29 heavy (non-hydrogen) atoms. The first-order valence-electron chi connectivity index (χ1n) is 9.75. The monoisotopic (exact) mass is 425 g/mol. The minimum Gasteiger partial charge on any atom is -0.461 e. The molecule has 3 aromatic rings. The number of carbonyl (C=O) groups is 1. The molecule has 0 saturated heterocycles. The van der Waals surface area contributed by atoms with Crippen molar-refractivity contribution in [1.82, 2.24) is 4.98 Å². The number of benzene rings is 2. The lowest BCUT2D eigenvalue weighted by Gasteiger charge is -2.42. The molecule has 3 rings (SSSR count). The summed E-state index contributed by atoms with van der Waals surface area (Å²) >= 11 is 1.43. The van der Waals surface area contributed by atoms with Crippen LogP contribution in [0.3, 0.4) is 0 Å². The molecule has 0 atom stereocenters. The second-order valence-corrected chi connectivity index (χ2v) is 13.0. The zero-order chi connectivity index (χ0) is 20.9. The first-order valence-corrected chi connectivity index (χ1v) is 12.5. The summed E-state index contributed by atoms with van der Waals surface area (Å²) < 4.78 is 11.9. The molecule has 6 heteroatoms. The van der Waals surface area contributed by atoms with Crippen LogP contribution in [0, 0.1) is 0 Å². The Bertz CT molecular complexity index is 896. The van der Waals surface area contributed by atoms with Crippen molar-refractivity contribution < 1.29 is 14.0 Å². The molecular formula is C23H27NO3SSi. The fourth-order valence-electron chi connectivity index (χ4n) is 3.61. The van der Waals surface area contributed by atoms with Crippen LogP contribution < -0.4 is 10.4 Å². The van der Waals surface area contributed by atoms with E-state index in [4.69, 9.17) is 9.16 Å². The van der Waals surface area contributed by atoms with E-state index in [1.54, 1.807) is 12.3 Å². The Morgan fingerprint density at radius 2 is 1.55 bits per heavy atom. The first-order chi connectivity index (χ1) is 13.9. The van der Waals surface area contributed by atoms with E-state index in [2.05, 4.69) is 74.3 Å². The van der Waals surface area contributed by atoms with Crippen molar-refractivity contribution in [2.24, 2.45) is 0 Å². The SMILES string of the molecule is CCOC(=O)c1csc(CO[Si](c2ccccc2)(c2ccccc2)C(C)(C)C)n1. The van der Waals surface area contributed by atoms with Crippen LogP contribution in [0.15, 0.2) is 66.0 Å². The van der Waals surface area contributed by atoms with Crippen molar-refractivity contribution in [2.45, 2.75) is 39.3 Å². The number of aromatic nitrogens is 1. The van der Waals surface area contributed by atoms with Crippen LogP contribution in [-0.2, 0) is 15.8 Å². The molecule has 4 nitrogen and oxygen atoms in total. The third kappa shape index (κ3) is 4.50. The minimum absolute atomic E-state index is 0.100. The predicted octanol–water partition coefficient (Wildman–Crippen LogP) is 4.40. The summed E-state index contributed by atoms with van der Waals surface area (Å²) in [5.74, 6) is -0.388. The number of thiazole rings is 1. The lowest BCUT2D eigenvalue weighted by molar-refractivity contribution is 0.0520. The summed E-state index contributed by atoms with van der Waals surface area (Å²) in [6.07, 6.45) is 0. The molecule has 0 bridgehead atoms. The van der Waals surface area contributed by atoms with E-state index in [0.717, 1.165) is 5.01 Å². The van der Waals surface area contributed by atoms with Crippen LogP contribution in [-0.4, -0.2) is 25.9 Å². The fraction of sp³-hybridized carbons (Fsp3) is 0.304. The Balaban J connectivity index is 1.99. The highest BCUT2D eigenvalue weighted by molar-refractivity contribution is 7.09. The molecule has 0 aliphatic heterocycles. The van der Waals surface area contributed by atoms with E-state index in [1.165, 1.54) is 21.7 Å². The molecular weight excluding hydrogens is 398 g/mol. The van der Waals surface area contributed by atoms with E-state index >= 15 is 0 Å². The van der Waals surface area contributed by atoms with Crippen LogP contribution in [0.5, 0.6) is 0 Å². The van der Waals surface area contributed by atoms with E-state index in [-0.39, 0.29) is 11.0 Å². The number of esters is 1. The van der Waals surface area contributed by atoms with Gasteiger partial charge in [-0.2, -0.15) is 0 Å². The van der Waals surface area contributed by atoms with E-state index in [0.29, 0.717) is 18.9 Å². The van der Waals surface area contributed by atoms with Crippen molar-refractivity contribution >= 4 is 36.0 Å². The second-order valence-electron chi connectivity index (χ2n) is 7.80. The van der Waals surface area contributed by atoms with Crippen molar-refractivity contribution in [2.75, 3.05) is 6.61 Å². The van der Waals surface area contributed by atoms with Crippen LogP contribution in [0.1, 0.15) is 43.2 Å². The van der Waals surface area contributed by atoms with Gasteiger partial charge < -0.3 is 9.16 Å². The molecule has 0 aliphatic rings. The molecule has 0 unspecified atom stereocenters. The minimum atomic E-state index is -2.61. The predicted molar refractivity (Wildman–Crippen MR) is 120 cm³/mol. The highest BCUT2D eigenvalue weighted by Crippen LogP contribution is 2.37. The molecule has 152 valence electrons. The van der Waals surface area contributed by atoms with Gasteiger partial charge in [0.15, 0.2) is 5.69 Å². The Morgan fingerprint density at radius 3 is 2.03 bits per heavy atom. The van der Waals surface area contributed by atoms with Gasteiger partial charge in [-0.1, -0.05) is 81.4 Å². The lowest BCUT2D eigenvalue weighted by Crippen LogP contribution is -2.66. The van der Waals surface area contributed by atoms with Crippen molar-refractivity contribution in [3.63, 3.8) is 0 Å². The quantitative estimate of drug-likeness (QED) is 0.416. The van der Waals surface area contributed by atoms with E-state index < -0.39 is 8.32 Å². The molecule has 1 heterocycles. The smallest absolute Gasteiger partial charge is 0.357 e. The number of ether oxygens (including phenoxy) is 1. The largest absolute Gasteiger partial charge is 0.461 e. The maximum Gasteiger partial charge on any atom is 0.357 e. The van der Waals surface area contributed by atoms with E-state index in [9.17, 15) is 4.79 Å². The van der Waals surface area contributed by atoms with Crippen LogP contribution >= 0.6 is 11.3 Å². The maximum absolute atomic E-state index is 12.0. The van der Waals surface area contributed by atoms with Gasteiger partial charge >= 0.3 is 5.97 Å². The molecule has 0 fully saturated rings. The molecule has 0 spiro atoms. The third-order valence-electron chi connectivity index (χ3n) is 4.87. The molecule has 1 aromatic heterocycles. The summed E-state index contributed by atoms with van der Waals surface area (Å²) in [4.78, 5) is 16.4. The van der Waals surface area contributed by atoms with Gasteiger partial charge in [0, 0.05) is 5.38 Å². The van der Waals surface area contributed by atoms with Crippen molar-refractivity contribution in [3.05, 3.63) is 76.7 Å². The van der Waals surface area contributed by atoms with Gasteiger partial charge in [-0.05, 0) is 22.3 Å². The molecule has 0 N–H and O–H groups in total. The molecule has 0 saturated carbocycles. The summed E-state index contributed by atoms with van der Waals surface area (Å²) in [7, 11) is -2.61. The zero-order valence-corrected chi connectivity index (χ0v) is 19.2. The number of rotatable bonds is 7. The molecule has 0 amide bonds. The third-order valence-corrected chi connectivity index (χ3v) is 10.7. The standard InChI is InChI=1S/C23H27NO3SSi/c1-5-26-22(25)20-17-28-21(24-20)16-27-29(23(2,3)4,18-12-8-6-9-13-18)19-14-10-7-11-15-19/h6-15,17H,5,16H2,1-4H3. The number of hydrogen-bond donors (Lipinski definition) is 0. The first kappa shape index (κ1) is 21.4. The van der Waals surface area contributed by atoms with Crippen molar-refractivity contribution in [1.29, 1.82) is 0 Å². The summed E-state index contributed by atoms with van der Waals surface area (Å²) in [6.45, 7) is 9.21. The van der Waals surface area contributed by atoms with Gasteiger partial charge in [-0.25, -0.2) is 9.78 Å². The van der Waals surface area contributed by atoms with Crippen LogP contribution in [0.25, 0.3) is 0 Å². The van der Waals surface area contributed by atoms with Gasteiger partial charge in [-0.15, -0.1) is 11.3 Å². The highest BCUT2D eigenvalue weighted by atomic mass is 32.1. The number of nitrogens with zero attached hydrogens (tertiary/aromatic N) is 1. The summed E-state index contributed by atoms with van der Waals surface area (Å²) in [5.41, 5.74) is 0.345. The summed E-state index contributed by atoms with van der Waals surface area (Å²) in [5, 5.41) is 4.86. The van der Waals surface area contributed by atoms with Gasteiger partial charge in [0.1, 0.15) is 5.01 Å². The number of hydrogen-bond acceptors (Lipinski definition) is 5. The zero-order valence-electron chi connectivity index (χ0n) is 17.3. The Labute approximate surface area is 177 Å². The molecule has 0 radical (unpaired) electrons. The van der Waals surface area contributed by atoms with Gasteiger partial charge in [0.05, 0.1) is 13.2 Å². The topological polar surface area (TPSA) is 48.4 Å². The Morgan fingerprint density at radius 1 is 1.00 bits per heavy atom. The maximum atomic E-state index is 12.0. The lowest BCUT2D eigenvalue weighted by atomic mass is 10.2. The van der Waals surface area contributed by atoms with Gasteiger partial charge in [0.25, 0.3) is 8.32 Å². The normalized spacial score (nSPS) is 12.0. The van der Waals surface area contributed by atoms with Gasteiger partial charge in [0.2, 0.25) is 0 Å².